The van der Waals surface area contributed by atoms with Crippen molar-refractivity contribution in [3.8, 4) is 0 Å². The van der Waals surface area contributed by atoms with Crippen LogP contribution in [-0.4, -0.2) is 44.8 Å². The van der Waals surface area contributed by atoms with Crippen molar-refractivity contribution in [2.45, 2.75) is 97.6 Å². The van der Waals surface area contributed by atoms with E-state index in [1.54, 1.807) is 13.0 Å². The van der Waals surface area contributed by atoms with Crippen LogP contribution in [0.5, 0.6) is 0 Å². The molecule has 0 heterocycles. The van der Waals surface area contributed by atoms with Gasteiger partial charge in [0.25, 0.3) is 0 Å². The third-order valence-electron chi connectivity index (χ3n) is 4.85. The number of rotatable bonds is 12. The van der Waals surface area contributed by atoms with Crippen molar-refractivity contribution < 1.29 is 20.4 Å². The van der Waals surface area contributed by atoms with Crippen LogP contribution in [0.2, 0.25) is 0 Å². The number of hydrogen-bond donors (Lipinski definition) is 4. The lowest BCUT2D eigenvalue weighted by atomic mass is 9.91. The van der Waals surface area contributed by atoms with Gasteiger partial charge in [0, 0.05) is 0 Å². The van der Waals surface area contributed by atoms with Gasteiger partial charge in [-0.05, 0) is 50.5 Å². The van der Waals surface area contributed by atoms with Gasteiger partial charge in [-0.2, -0.15) is 0 Å². The number of aliphatic hydroxyl groups excluding tert-OH is 4. The van der Waals surface area contributed by atoms with E-state index in [9.17, 15) is 20.4 Å². The van der Waals surface area contributed by atoms with E-state index >= 15 is 0 Å². The number of allylic oxidation sites excluding steroid dienone is 1. The van der Waals surface area contributed by atoms with E-state index in [0.29, 0.717) is 12.8 Å². The first-order valence-electron chi connectivity index (χ1n) is 9.41. The molecule has 0 spiro atoms. The zero-order valence-electron chi connectivity index (χ0n) is 16.1. The molecule has 0 bridgehead atoms. The summed E-state index contributed by atoms with van der Waals surface area (Å²) < 4.78 is 0. The molecule has 4 N–H and O–H groups in total. The summed E-state index contributed by atoms with van der Waals surface area (Å²) >= 11 is 0. The van der Waals surface area contributed by atoms with E-state index in [2.05, 4.69) is 13.0 Å². The van der Waals surface area contributed by atoms with Gasteiger partial charge in [0.15, 0.2) is 0 Å². The summed E-state index contributed by atoms with van der Waals surface area (Å²) in [7, 11) is 0. The van der Waals surface area contributed by atoms with Gasteiger partial charge in [-0.15, -0.1) is 0 Å². The van der Waals surface area contributed by atoms with Crippen LogP contribution in [0.4, 0.5) is 0 Å². The largest absolute Gasteiger partial charge is 0.393 e. The standard InChI is InChI=1S/C20H38O4/c1-6-15(10-11-16(7-2)18(22)9-4)12-19(23)20(24)13-17(8-3)14(5)21/h10,13-14,16,18-24H,6-9,11-12H2,1-5H3/b15-10+,17-13+. The molecule has 0 aliphatic carbocycles. The molecule has 0 aromatic rings. The van der Waals surface area contributed by atoms with Crippen LogP contribution in [0.3, 0.4) is 0 Å². The highest BCUT2D eigenvalue weighted by atomic mass is 16.3. The van der Waals surface area contributed by atoms with Gasteiger partial charge >= 0.3 is 0 Å². The first-order chi connectivity index (χ1) is 11.3. The maximum Gasteiger partial charge on any atom is 0.0986 e. The molecule has 142 valence electrons. The zero-order valence-corrected chi connectivity index (χ0v) is 16.1. The molecule has 0 amide bonds. The van der Waals surface area contributed by atoms with Gasteiger partial charge in [0.05, 0.1) is 24.4 Å². The van der Waals surface area contributed by atoms with E-state index in [0.717, 1.165) is 36.8 Å². The lowest BCUT2D eigenvalue weighted by Crippen LogP contribution is -2.26. The summed E-state index contributed by atoms with van der Waals surface area (Å²) in [5, 5.41) is 40.0. The summed E-state index contributed by atoms with van der Waals surface area (Å²) in [5.74, 6) is 0.237. The van der Waals surface area contributed by atoms with E-state index in [-0.39, 0.29) is 12.0 Å². The van der Waals surface area contributed by atoms with Crippen LogP contribution < -0.4 is 0 Å². The van der Waals surface area contributed by atoms with Gasteiger partial charge in [-0.1, -0.05) is 51.8 Å². The van der Waals surface area contributed by atoms with Crippen LogP contribution in [0.1, 0.15) is 73.1 Å². The molecule has 0 aromatic heterocycles. The molecule has 4 heteroatoms. The van der Waals surface area contributed by atoms with E-state index in [1.165, 1.54) is 0 Å². The highest BCUT2D eigenvalue weighted by molar-refractivity contribution is 5.12. The number of hydrogen-bond acceptors (Lipinski definition) is 4. The molecule has 0 rings (SSSR count). The summed E-state index contributed by atoms with van der Waals surface area (Å²) in [4.78, 5) is 0. The first-order valence-corrected chi connectivity index (χ1v) is 9.41. The van der Waals surface area contributed by atoms with E-state index in [4.69, 9.17) is 0 Å². The normalized spacial score (nSPS) is 19.7. The average Bonchev–Trinajstić information content (AvgIpc) is 2.57. The lowest BCUT2D eigenvalue weighted by Gasteiger charge is -2.21. The Kier molecular flexibility index (Phi) is 12.3. The molecular weight excluding hydrogens is 304 g/mol. The van der Waals surface area contributed by atoms with E-state index < -0.39 is 18.3 Å². The fourth-order valence-corrected chi connectivity index (χ4v) is 2.89. The molecule has 24 heavy (non-hydrogen) atoms. The minimum atomic E-state index is -0.979. The fraction of sp³-hybridized carbons (Fsp3) is 0.800. The summed E-state index contributed by atoms with van der Waals surface area (Å²) in [6.07, 6.45) is 5.23. The van der Waals surface area contributed by atoms with Crippen LogP contribution in [-0.2, 0) is 0 Å². The predicted octanol–water partition coefficient (Wildman–Crippen LogP) is 3.34. The summed E-state index contributed by atoms with van der Waals surface area (Å²) in [6.45, 7) is 9.67. The van der Waals surface area contributed by atoms with Crippen molar-refractivity contribution in [3.05, 3.63) is 23.3 Å². The molecule has 0 aliphatic rings. The Morgan fingerprint density at radius 3 is 1.92 bits per heavy atom. The molecule has 5 atom stereocenters. The fourth-order valence-electron chi connectivity index (χ4n) is 2.89. The van der Waals surface area contributed by atoms with Gasteiger partial charge in [0.1, 0.15) is 0 Å². The average molecular weight is 343 g/mol. The maximum absolute atomic E-state index is 10.3. The Morgan fingerprint density at radius 1 is 0.875 bits per heavy atom. The van der Waals surface area contributed by atoms with Crippen molar-refractivity contribution in [1.29, 1.82) is 0 Å². The molecular formula is C20H38O4. The predicted molar refractivity (Wildman–Crippen MR) is 99.8 cm³/mol. The second-order valence-corrected chi connectivity index (χ2v) is 6.63. The van der Waals surface area contributed by atoms with Crippen LogP contribution >= 0.6 is 0 Å². The Labute approximate surface area is 147 Å². The Balaban J connectivity index is 4.83. The third kappa shape index (κ3) is 8.43. The van der Waals surface area contributed by atoms with Gasteiger partial charge in [-0.25, -0.2) is 0 Å². The van der Waals surface area contributed by atoms with Gasteiger partial charge in [0.2, 0.25) is 0 Å². The smallest absolute Gasteiger partial charge is 0.0986 e. The molecule has 0 fully saturated rings. The minimum Gasteiger partial charge on any atom is -0.393 e. The SMILES string of the molecule is CC/C(=C\CC(CC)C(O)CC)CC(O)C(O)/C=C(\CC)C(C)O. The molecule has 0 saturated heterocycles. The third-order valence-corrected chi connectivity index (χ3v) is 4.85. The Hall–Kier alpha value is -0.680. The van der Waals surface area contributed by atoms with E-state index in [1.807, 2.05) is 20.8 Å². The molecule has 0 radical (unpaired) electrons. The zero-order chi connectivity index (χ0) is 18.7. The van der Waals surface area contributed by atoms with Crippen LogP contribution in [0.25, 0.3) is 0 Å². The Morgan fingerprint density at radius 2 is 1.50 bits per heavy atom. The van der Waals surface area contributed by atoms with Gasteiger partial charge < -0.3 is 20.4 Å². The van der Waals surface area contributed by atoms with Crippen LogP contribution in [0.15, 0.2) is 23.3 Å². The van der Waals surface area contributed by atoms with Crippen molar-refractivity contribution in [2.75, 3.05) is 0 Å². The Bertz CT molecular complexity index is 387. The highest BCUT2D eigenvalue weighted by Gasteiger charge is 2.18. The van der Waals surface area contributed by atoms with Crippen LogP contribution in [0, 0.1) is 5.92 Å². The van der Waals surface area contributed by atoms with Crippen molar-refractivity contribution in [2.24, 2.45) is 5.92 Å². The molecule has 0 aliphatic heterocycles. The minimum absolute atomic E-state index is 0.237. The molecule has 5 unspecified atom stereocenters. The quantitative estimate of drug-likeness (QED) is 0.410. The molecule has 4 nitrogen and oxygen atoms in total. The van der Waals surface area contributed by atoms with Crippen molar-refractivity contribution >= 4 is 0 Å². The monoisotopic (exact) mass is 342 g/mol. The first kappa shape index (κ1) is 23.3. The molecule has 0 aromatic carbocycles. The lowest BCUT2D eigenvalue weighted by molar-refractivity contribution is 0.0473. The second-order valence-electron chi connectivity index (χ2n) is 6.63. The van der Waals surface area contributed by atoms with Gasteiger partial charge in [-0.3, -0.25) is 0 Å². The topological polar surface area (TPSA) is 80.9 Å². The number of aliphatic hydroxyl groups is 4. The molecule has 0 saturated carbocycles. The second kappa shape index (κ2) is 12.6. The maximum atomic E-state index is 10.3. The highest BCUT2D eigenvalue weighted by Crippen LogP contribution is 2.21. The van der Waals surface area contributed by atoms with Crippen molar-refractivity contribution in [3.63, 3.8) is 0 Å². The summed E-state index contributed by atoms with van der Waals surface area (Å²) in [5.41, 5.74) is 1.83. The summed E-state index contributed by atoms with van der Waals surface area (Å²) in [6, 6.07) is 0. The van der Waals surface area contributed by atoms with Crippen molar-refractivity contribution in [1.82, 2.24) is 0 Å².